The van der Waals surface area contributed by atoms with Gasteiger partial charge in [-0.1, -0.05) is 111 Å². The summed E-state index contributed by atoms with van der Waals surface area (Å²) in [4.78, 5) is 14.7. The zero-order chi connectivity index (χ0) is 37.1. The van der Waals surface area contributed by atoms with Gasteiger partial charge in [-0.3, -0.25) is 4.98 Å². The summed E-state index contributed by atoms with van der Waals surface area (Å²) < 4.78 is 0. The molecule has 0 unspecified atom stereocenters. The van der Waals surface area contributed by atoms with Gasteiger partial charge in [0, 0.05) is 40.1 Å². The molecule has 0 radical (unpaired) electrons. The molecule has 55 heavy (non-hydrogen) atoms. The van der Waals surface area contributed by atoms with E-state index < -0.39 is 0 Å². The summed E-state index contributed by atoms with van der Waals surface area (Å²) in [6.45, 7) is 4.67. The molecule has 1 aliphatic rings. The van der Waals surface area contributed by atoms with Crippen LogP contribution in [0.3, 0.4) is 0 Å². The summed E-state index contributed by atoms with van der Waals surface area (Å²) in [5.74, 6) is 0.688. The van der Waals surface area contributed by atoms with Crippen LogP contribution in [-0.4, -0.2) is 15.0 Å². The molecule has 1 aliphatic carbocycles. The molecule has 0 saturated heterocycles. The smallest absolute Gasteiger partial charge is 0.160 e. The summed E-state index contributed by atoms with van der Waals surface area (Å²) in [5.41, 5.74) is 14.7. The third-order valence-corrected chi connectivity index (χ3v) is 11.1. The highest BCUT2D eigenvalue weighted by Gasteiger charge is 2.36. The minimum Gasteiger partial charge on any atom is -0.264 e. The van der Waals surface area contributed by atoms with Gasteiger partial charge in [-0.15, -0.1) is 0 Å². The molecule has 7 aromatic carbocycles. The van der Waals surface area contributed by atoms with E-state index in [4.69, 9.17) is 9.97 Å². The Hall–Kier alpha value is -7.22. The molecule has 2 heterocycles. The lowest BCUT2D eigenvalue weighted by Gasteiger charge is -2.23. The second kappa shape index (κ2) is 12.7. The van der Waals surface area contributed by atoms with E-state index in [1.807, 2.05) is 67.0 Å². The van der Waals surface area contributed by atoms with Crippen LogP contribution in [0, 0.1) is 11.3 Å². The van der Waals surface area contributed by atoms with E-state index in [1.54, 1.807) is 0 Å². The van der Waals surface area contributed by atoms with Crippen molar-refractivity contribution in [1.82, 2.24) is 15.0 Å². The van der Waals surface area contributed by atoms with Crippen LogP contribution in [0.4, 0.5) is 0 Å². The molecule has 0 bridgehead atoms. The van der Waals surface area contributed by atoms with Gasteiger partial charge in [0.25, 0.3) is 0 Å². The van der Waals surface area contributed by atoms with Gasteiger partial charge in [0.1, 0.15) is 0 Å². The third-order valence-electron chi connectivity index (χ3n) is 11.1. The molecule has 4 nitrogen and oxygen atoms in total. The van der Waals surface area contributed by atoms with Crippen LogP contribution in [0.15, 0.2) is 170 Å². The number of nitriles is 1. The number of nitrogens with zero attached hydrogens (tertiary/aromatic N) is 4. The molecule has 4 heteroatoms. The first-order valence-electron chi connectivity index (χ1n) is 18.6. The largest absolute Gasteiger partial charge is 0.264 e. The molecular formula is C51H34N4. The molecule has 0 fully saturated rings. The molecule has 10 rings (SSSR count). The maximum Gasteiger partial charge on any atom is 0.160 e. The predicted molar refractivity (Wildman–Crippen MR) is 224 cm³/mol. The van der Waals surface area contributed by atoms with E-state index in [-0.39, 0.29) is 5.41 Å². The van der Waals surface area contributed by atoms with Gasteiger partial charge in [0.15, 0.2) is 5.82 Å². The SMILES string of the molecule is CC1(C)c2cc(-c3cc(-c4cccnc4)cc(-c4cc(-c5ccccc5)nc(-c5ccccc5)n4)c3)ccc2-c2cc3ccc4cc(C#N)ccc4c3cc21. The van der Waals surface area contributed by atoms with Gasteiger partial charge in [-0.2, -0.15) is 5.26 Å². The lowest BCUT2D eigenvalue weighted by Crippen LogP contribution is -2.15. The molecule has 2 aromatic heterocycles. The monoisotopic (exact) mass is 702 g/mol. The standard InChI is InChI=1S/C51H34N4/c1-51(2)46-27-35(18-20-43(46)45-26-37-17-16-36-22-32(30-52)15-19-42(36)44(37)28-47(45)51)39-23-40(38-14-9-21-53-31-38)25-41(24-39)49-29-48(33-10-5-3-6-11-33)54-50(55-49)34-12-7-4-8-13-34/h3-29,31H,1-2H3. The van der Waals surface area contributed by atoms with Gasteiger partial charge in [0.2, 0.25) is 0 Å². The second-order valence-electron chi connectivity index (χ2n) is 14.9. The van der Waals surface area contributed by atoms with E-state index in [1.165, 1.54) is 38.4 Å². The van der Waals surface area contributed by atoms with Crippen LogP contribution in [0.1, 0.15) is 30.5 Å². The molecule has 0 saturated carbocycles. The van der Waals surface area contributed by atoms with Crippen molar-refractivity contribution < 1.29 is 0 Å². The number of aromatic nitrogens is 3. The van der Waals surface area contributed by atoms with Crippen LogP contribution in [0.2, 0.25) is 0 Å². The Morgan fingerprint density at radius 2 is 1.13 bits per heavy atom. The van der Waals surface area contributed by atoms with Crippen LogP contribution in [0.5, 0.6) is 0 Å². The Kier molecular flexibility index (Phi) is 7.50. The first kappa shape index (κ1) is 32.4. The number of benzene rings is 7. The first-order valence-corrected chi connectivity index (χ1v) is 18.6. The molecule has 0 N–H and O–H groups in total. The summed E-state index contributed by atoms with van der Waals surface area (Å²) in [6, 6.07) is 57.7. The number of hydrogen-bond acceptors (Lipinski definition) is 4. The fourth-order valence-corrected chi connectivity index (χ4v) is 8.25. The lowest BCUT2D eigenvalue weighted by molar-refractivity contribution is 0.661. The molecule has 0 spiro atoms. The quantitative estimate of drug-likeness (QED) is 0.168. The Bertz CT molecular complexity index is 2940. The average molecular weight is 703 g/mol. The minimum atomic E-state index is -0.227. The molecule has 0 atom stereocenters. The maximum absolute atomic E-state index is 9.51. The van der Waals surface area contributed by atoms with E-state index in [0.717, 1.165) is 55.7 Å². The van der Waals surface area contributed by atoms with Gasteiger partial charge < -0.3 is 0 Å². The Balaban J connectivity index is 1.14. The summed E-state index contributed by atoms with van der Waals surface area (Å²) >= 11 is 0. The minimum absolute atomic E-state index is 0.227. The van der Waals surface area contributed by atoms with Crippen molar-refractivity contribution in [3.05, 3.63) is 187 Å². The van der Waals surface area contributed by atoms with Crippen molar-refractivity contribution in [2.24, 2.45) is 0 Å². The molecular weight excluding hydrogens is 669 g/mol. The van der Waals surface area contributed by atoms with Gasteiger partial charge in [-0.25, -0.2) is 9.97 Å². The number of hydrogen-bond donors (Lipinski definition) is 0. The summed E-state index contributed by atoms with van der Waals surface area (Å²) in [6.07, 6.45) is 3.73. The van der Waals surface area contributed by atoms with Gasteiger partial charge >= 0.3 is 0 Å². The second-order valence-corrected chi connectivity index (χ2v) is 14.9. The van der Waals surface area contributed by atoms with Crippen LogP contribution in [-0.2, 0) is 5.41 Å². The van der Waals surface area contributed by atoms with Crippen LogP contribution >= 0.6 is 0 Å². The third kappa shape index (κ3) is 5.57. The van der Waals surface area contributed by atoms with E-state index >= 15 is 0 Å². The van der Waals surface area contributed by atoms with E-state index in [2.05, 4.69) is 128 Å². The number of fused-ring (bicyclic) bond motifs is 6. The fraction of sp³-hybridized carbons (Fsp3) is 0.0588. The number of rotatable bonds is 5. The maximum atomic E-state index is 9.51. The first-order chi connectivity index (χ1) is 26.9. The van der Waals surface area contributed by atoms with Crippen molar-refractivity contribution in [2.75, 3.05) is 0 Å². The van der Waals surface area contributed by atoms with Crippen molar-refractivity contribution in [3.8, 4) is 73.4 Å². The van der Waals surface area contributed by atoms with Crippen molar-refractivity contribution in [3.63, 3.8) is 0 Å². The summed E-state index contributed by atoms with van der Waals surface area (Å²) in [7, 11) is 0. The topological polar surface area (TPSA) is 62.5 Å². The number of pyridine rings is 1. The molecule has 0 aliphatic heterocycles. The Morgan fingerprint density at radius 3 is 1.85 bits per heavy atom. The van der Waals surface area contributed by atoms with Crippen LogP contribution in [0.25, 0.3) is 88.8 Å². The van der Waals surface area contributed by atoms with Crippen LogP contribution < -0.4 is 0 Å². The Labute approximate surface area is 320 Å². The molecule has 9 aromatic rings. The zero-order valence-corrected chi connectivity index (χ0v) is 30.5. The molecule has 258 valence electrons. The van der Waals surface area contributed by atoms with E-state index in [9.17, 15) is 5.26 Å². The lowest BCUT2D eigenvalue weighted by atomic mass is 9.80. The van der Waals surface area contributed by atoms with Crippen molar-refractivity contribution >= 4 is 21.5 Å². The van der Waals surface area contributed by atoms with Crippen molar-refractivity contribution in [2.45, 2.75) is 19.3 Å². The highest BCUT2D eigenvalue weighted by molar-refractivity contribution is 6.10. The zero-order valence-electron chi connectivity index (χ0n) is 30.5. The normalized spacial score (nSPS) is 12.7. The highest BCUT2D eigenvalue weighted by Crippen LogP contribution is 2.51. The van der Waals surface area contributed by atoms with Gasteiger partial charge in [-0.05, 0) is 121 Å². The average Bonchev–Trinajstić information content (AvgIpc) is 3.47. The van der Waals surface area contributed by atoms with E-state index in [0.29, 0.717) is 11.4 Å². The predicted octanol–water partition coefficient (Wildman–Crippen LogP) is 12.7. The van der Waals surface area contributed by atoms with Gasteiger partial charge in [0.05, 0.1) is 23.0 Å². The summed E-state index contributed by atoms with van der Waals surface area (Å²) in [5, 5.41) is 14.2. The van der Waals surface area contributed by atoms with Crippen molar-refractivity contribution in [1.29, 1.82) is 5.26 Å². The Morgan fingerprint density at radius 1 is 0.473 bits per heavy atom. The fourth-order valence-electron chi connectivity index (χ4n) is 8.25. The molecule has 0 amide bonds. The highest BCUT2D eigenvalue weighted by atomic mass is 14.9.